The molecular formula is C15H15Cl2N3O3S. The summed E-state index contributed by atoms with van der Waals surface area (Å²) in [5, 5.41) is 3.28. The highest BCUT2D eigenvalue weighted by atomic mass is 35.5. The third kappa shape index (κ3) is 5.45. The zero-order valence-electron chi connectivity index (χ0n) is 12.7. The second-order valence-electron chi connectivity index (χ2n) is 5.06. The topological polar surface area (TPSA) is 79.4 Å². The van der Waals surface area contributed by atoms with Gasteiger partial charge in [-0.2, -0.15) is 4.31 Å². The van der Waals surface area contributed by atoms with Gasteiger partial charge in [0.05, 0.1) is 23.5 Å². The summed E-state index contributed by atoms with van der Waals surface area (Å²) < 4.78 is 24.9. The van der Waals surface area contributed by atoms with Crippen LogP contribution in [0.15, 0.2) is 42.7 Å². The Morgan fingerprint density at radius 3 is 2.67 bits per heavy atom. The number of benzene rings is 1. The van der Waals surface area contributed by atoms with E-state index >= 15 is 0 Å². The van der Waals surface area contributed by atoms with Gasteiger partial charge in [0.2, 0.25) is 15.9 Å². The van der Waals surface area contributed by atoms with Crippen LogP contribution in [0.1, 0.15) is 5.56 Å². The molecule has 1 aromatic heterocycles. The lowest BCUT2D eigenvalue weighted by Gasteiger charge is -2.19. The van der Waals surface area contributed by atoms with E-state index in [1.165, 1.54) is 6.07 Å². The van der Waals surface area contributed by atoms with Gasteiger partial charge in [-0.15, -0.1) is 0 Å². The molecule has 0 atom stereocenters. The van der Waals surface area contributed by atoms with Crippen molar-refractivity contribution in [2.45, 2.75) is 6.54 Å². The number of halogens is 2. The fourth-order valence-electron chi connectivity index (χ4n) is 1.93. The van der Waals surface area contributed by atoms with Crippen LogP contribution in [-0.2, 0) is 21.4 Å². The van der Waals surface area contributed by atoms with Crippen molar-refractivity contribution in [2.75, 3.05) is 18.1 Å². The number of sulfonamides is 1. The number of hydrogen-bond acceptors (Lipinski definition) is 4. The van der Waals surface area contributed by atoms with Crippen LogP contribution in [0.4, 0.5) is 5.69 Å². The van der Waals surface area contributed by atoms with Crippen molar-refractivity contribution in [2.24, 2.45) is 0 Å². The molecule has 0 aliphatic rings. The van der Waals surface area contributed by atoms with Crippen LogP contribution >= 0.6 is 23.2 Å². The first-order valence-electron chi connectivity index (χ1n) is 6.84. The predicted octanol–water partition coefficient (Wildman–Crippen LogP) is 2.79. The highest BCUT2D eigenvalue weighted by molar-refractivity contribution is 7.88. The predicted molar refractivity (Wildman–Crippen MR) is 94.6 cm³/mol. The van der Waals surface area contributed by atoms with E-state index in [0.29, 0.717) is 21.3 Å². The van der Waals surface area contributed by atoms with E-state index in [1.807, 2.05) is 0 Å². The number of carbonyl (C=O) groups excluding carboxylic acids is 1. The van der Waals surface area contributed by atoms with E-state index in [1.54, 1.807) is 36.7 Å². The van der Waals surface area contributed by atoms with E-state index in [9.17, 15) is 13.2 Å². The average Bonchev–Trinajstić information content (AvgIpc) is 2.50. The lowest BCUT2D eigenvalue weighted by molar-refractivity contribution is -0.116. The molecule has 2 aromatic rings. The summed E-state index contributed by atoms with van der Waals surface area (Å²) in [5.74, 6) is -0.520. The molecule has 1 aromatic carbocycles. The van der Waals surface area contributed by atoms with Gasteiger partial charge in [0, 0.05) is 24.0 Å². The number of hydrogen-bond donors (Lipinski definition) is 1. The Balaban J connectivity index is 2.12. The number of pyridine rings is 1. The third-order valence-electron chi connectivity index (χ3n) is 3.07. The number of anilines is 1. The Bertz CT molecular complexity index is 829. The van der Waals surface area contributed by atoms with Gasteiger partial charge in [0.25, 0.3) is 0 Å². The summed E-state index contributed by atoms with van der Waals surface area (Å²) in [7, 11) is -3.58. The minimum atomic E-state index is -3.58. The maximum Gasteiger partial charge on any atom is 0.239 e. The fraction of sp³-hybridized carbons (Fsp3) is 0.200. The zero-order valence-corrected chi connectivity index (χ0v) is 15.1. The summed E-state index contributed by atoms with van der Waals surface area (Å²) >= 11 is 11.8. The molecule has 0 bridgehead atoms. The maximum atomic E-state index is 12.2. The average molecular weight is 388 g/mol. The highest BCUT2D eigenvalue weighted by Crippen LogP contribution is 2.25. The number of carbonyl (C=O) groups is 1. The van der Waals surface area contributed by atoms with Gasteiger partial charge < -0.3 is 5.32 Å². The van der Waals surface area contributed by atoms with Crippen LogP contribution in [0.3, 0.4) is 0 Å². The number of aromatic nitrogens is 1. The molecule has 0 unspecified atom stereocenters. The van der Waals surface area contributed by atoms with Crippen LogP contribution in [0, 0.1) is 0 Å². The molecule has 0 spiro atoms. The summed E-state index contributed by atoms with van der Waals surface area (Å²) in [6.45, 7) is -0.306. The highest BCUT2D eigenvalue weighted by Gasteiger charge is 2.21. The SMILES string of the molecule is CS(=O)(=O)N(CC(=O)Nc1cc(Cl)ccc1Cl)Cc1cccnc1. The molecule has 0 fully saturated rings. The van der Waals surface area contributed by atoms with Crippen molar-refractivity contribution in [1.29, 1.82) is 0 Å². The molecule has 24 heavy (non-hydrogen) atoms. The van der Waals surface area contributed by atoms with Crippen molar-refractivity contribution < 1.29 is 13.2 Å². The molecule has 6 nitrogen and oxygen atoms in total. The maximum absolute atomic E-state index is 12.2. The van der Waals surface area contributed by atoms with Crippen molar-refractivity contribution in [3.8, 4) is 0 Å². The van der Waals surface area contributed by atoms with Gasteiger partial charge in [-0.25, -0.2) is 8.42 Å². The Kier molecular flexibility index (Phi) is 6.17. The molecular weight excluding hydrogens is 373 g/mol. The molecule has 128 valence electrons. The molecule has 0 aliphatic heterocycles. The van der Waals surface area contributed by atoms with Crippen molar-refractivity contribution >= 4 is 44.8 Å². The quantitative estimate of drug-likeness (QED) is 0.826. The normalized spacial score (nSPS) is 11.5. The smallest absolute Gasteiger partial charge is 0.239 e. The summed E-state index contributed by atoms with van der Waals surface area (Å²) in [5.41, 5.74) is 1.00. The van der Waals surface area contributed by atoms with E-state index in [4.69, 9.17) is 23.2 Å². The second-order valence-corrected chi connectivity index (χ2v) is 7.89. The molecule has 0 aliphatic carbocycles. The van der Waals surface area contributed by atoms with Crippen LogP contribution in [0.5, 0.6) is 0 Å². The van der Waals surface area contributed by atoms with Crippen molar-refractivity contribution in [1.82, 2.24) is 9.29 Å². The Morgan fingerprint density at radius 1 is 1.29 bits per heavy atom. The van der Waals surface area contributed by atoms with Crippen molar-refractivity contribution in [3.05, 3.63) is 58.3 Å². The molecule has 0 saturated heterocycles. The summed E-state index contributed by atoms with van der Waals surface area (Å²) in [6, 6.07) is 8.06. The number of rotatable bonds is 6. The molecule has 9 heteroatoms. The number of nitrogens with one attached hydrogen (secondary N) is 1. The molecule has 0 saturated carbocycles. The molecule has 2 rings (SSSR count). The van der Waals surface area contributed by atoms with E-state index in [0.717, 1.165) is 10.6 Å². The molecule has 1 amide bonds. The third-order valence-corrected chi connectivity index (χ3v) is 4.83. The van der Waals surface area contributed by atoms with Gasteiger partial charge >= 0.3 is 0 Å². The summed E-state index contributed by atoms with van der Waals surface area (Å²) in [6.07, 6.45) is 4.18. The minimum absolute atomic E-state index is 0.0450. The molecule has 1 heterocycles. The van der Waals surface area contributed by atoms with E-state index in [-0.39, 0.29) is 13.1 Å². The lowest BCUT2D eigenvalue weighted by atomic mass is 10.3. The minimum Gasteiger partial charge on any atom is -0.324 e. The zero-order chi connectivity index (χ0) is 17.7. The largest absolute Gasteiger partial charge is 0.324 e. The first kappa shape index (κ1) is 18.7. The number of nitrogens with zero attached hydrogens (tertiary/aromatic N) is 2. The summed E-state index contributed by atoms with van der Waals surface area (Å²) in [4.78, 5) is 16.1. The Labute approximate surface area is 150 Å². The van der Waals surface area contributed by atoms with E-state index < -0.39 is 15.9 Å². The molecule has 0 radical (unpaired) electrons. The molecule has 1 N–H and O–H groups in total. The van der Waals surface area contributed by atoms with Crippen LogP contribution < -0.4 is 5.32 Å². The fourth-order valence-corrected chi connectivity index (χ4v) is 3.00. The van der Waals surface area contributed by atoms with E-state index in [2.05, 4.69) is 10.3 Å². The second kappa shape index (κ2) is 7.94. The van der Waals surface area contributed by atoms with Gasteiger partial charge in [-0.3, -0.25) is 9.78 Å². The lowest BCUT2D eigenvalue weighted by Crippen LogP contribution is -2.37. The van der Waals surface area contributed by atoms with Crippen molar-refractivity contribution in [3.63, 3.8) is 0 Å². The van der Waals surface area contributed by atoms with Crippen LogP contribution in [-0.4, -0.2) is 36.4 Å². The monoisotopic (exact) mass is 387 g/mol. The van der Waals surface area contributed by atoms with Gasteiger partial charge in [0.1, 0.15) is 0 Å². The first-order valence-corrected chi connectivity index (χ1v) is 9.45. The van der Waals surface area contributed by atoms with Gasteiger partial charge in [-0.05, 0) is 29.8 Å². The standard InChI is InChI=1S/C15H15Cl2N3O3S/c1-24(22,23)20(9-11-3-2-6-18-8-11)10-15(21)19-14-7-12(16)4-5-13(14)17/h2-8H,9-10H2,1H3,(H,19,21). The Hall–Kier alpha value is -1.67. The van der Waals surface area contributed by atoms with Gasteiger partial charge in [0.15, 0.2) is 0 Å². The van der Waals surface area contributed by atoms with Crippen LogP contribution in [0.25, 0.3) is 0 Å². The van der Waals surface area contributed by atoms with Crippen LogP contribution in [0.2, 0.25) is 10.0 Å². The van der Waals surface area contributed by atoms with Gasteiger partial charge in [-0.1, -0.05) is 29.3 Å². The first-order chi connectivity index (χ1) is 11.3. The Morgan fingerprint density at radius 2 is 2.04 bits per heavy atom. The number of amides is 1.